The van der Waals surface area contributed by atoms with E-state index in [-0.39, 0.29) is 23.9 Å². The second-order valence-electron chi connectivity index (χ2n) is 4.88. The first-order valence-electron chi connectivity index (χ1n) is 6.22. The zero-order valence-electron chi connectivity index (χ0n) is 10.6. The lowest BCUT2D eigenvalue weighted by atomic mass is 10.1. The molecule has 3 atom stereocenters. The van der Waals surface area contributed by atoms with Crippen molar-refractivity contribution in [1.82, 2.24) is 10.3 Å². The fraction of sp³-hybridized carbons (Fsp3) is 0.583. The fourth-order valence-electron chi connectivity index (χ4n) is 2.20. The Morgan fingerprint density at radius 3 is 2.84 bits per heavy atom. The van der Waals surface area contributed by atoms with Crippen molar-refractivity contribution in [2.45, 2.75) is 38.3 Å². The molecule has 1 fully saturated rings. The molecule has 4 N–H and O–H groups in total. The number of nitrogens with zero attached hydrogens (tertiary/aromatic N) is 1. The van der Waals surface area contributed by atoms with Crippen LogP contribution in [-0.2, 0) is 4.79 Å². The molecule has 6 nitrogen and oxygen atoms in total. The fourth-order valence-corrected chi connectivity index (χ4v) is 2.96. The first-order valence-corrected chi connectivity index (χ1v) is 7.10. The molecular formula is C12H17N3O3S. The molecule has 104 valence electrons. The molecule has 1 saturated carbocycles. The average molecular weight is 283 g/mol. The van der Waals surface area contributed by atoms with Crippen molar-refractivity contribution in [2.24, 2.45) is 11.7 Å². The summed E-state index contributed by atoms with van der Waals surface area (Å²) in [5, 5.41) is 14.1. The highest BCUT2D eigenvalue weighted by Gasteiger charge is 2.31. The zero-order chi connectivity index (χ0) is 14.0. The van der Waals surface area contributed by atoms with Crippen molar-refractivity contribution in [3.05, 3.63) is 16.1 Å². The monoisotopic (exact) mass is 283 g/mol. The molecule has 1 aromatic rings. The van der Waals surface area contributed by atoms with Crippen molar-refractivity contribution in [3.63, 3.8) is 0 Å². The number of aromatic nitrogens is 1. The Kier molecular flexibility index (Phi) is 4.16. The summed E-state index contributed by atoms with van der Waals surface area (Å²) in [4.78, 5) is 27.0. The van der Waals surface area contributed by atoms with Crippen molar-refractivity contribution in [3.8, 4) is 0 Å². The predicted molar refractivity (Wildman–Crippen MR) is 70.9 cm³/mol. The largest absolute Gasteiger partial charge is 0.481 e. The van der Waals surface area contributed by atoms with E-state index >= 15 is 0 Å². The van der Waals surface area contributed by atoms with E-state index < -0.39 is 5.97 Å². The molecule has 1 aliphatic carbocycles. The van der Waals surface area contributed by atoms with Crippen LogP contribution in [0.5, 0.6) is 0 Å². The Bertz CT molecular complexity index is 486. The van der Waals surface area contributed by atoms with Crippen LogP contribution in [0.1, 0.15) is 47.7 Å². The number of aliphatic carboxylic acids is 1. The van der Waals surface area contributed by atoms with E-state index in [0.717, 1.165) is 5.01 Å². The van der Waals surface area contributed by atoms with Gasteiger partial charge in [0.2, 0.25) is 0 Å². The minimum absolute atomic E-state index is 0.0750. The second kappa shape index (κ2) is 5.66. The zero-order valence-corrected chi connectivity index (χ0v) is 11.4. The summed E-state index contributed by atoms with van der Waals surface area (Å²) in [7, 11) is 0. The quantitative estimate of drug-likeness (QED) is 0.768. The molecule has 1 heterocycles. The van der Waals surface area contributed by atoms with Gasteiger partial charge in [0.25, 0.3) is 5.91 Å². The summed E-state index contributed by atoms with van der Waals surface area (Å²) in [6.45, 7) is 1.81. The van der Waals surface area contributed by atoms with E-state index in [2.05, 4.69) is 10.3 Å². The average Bonchev–Trinajstić information content (AvgIpc) is 2.96. The number of rotatable bonds is 4. The van der Waals surface area contributed by atoms with Gasteiger partial charge in [0, 0.05) is 11.4 Å². The standard InChI is InChI=1S/C12H17N3O3S/c1-6(13)11-15-9(5-19-11)10(16)14-8-3-2-7(4-8)12(17)18/h5-8H,2-4,13H2,1H3,(H,14,16)(H,17,18). The molecule has 0 bridgehead atoms. The topological polar surface area (TPSA) is 105 Å². The van der Waals surface area contributed by atoms with Gasteiger partial charge in [-0.3, -0.25) is 9.59 Å². The maximum absolute atomic E-state index is 12.0. The Hall–Kier alpha value is -1.47. The summed E-state index contributed by atoms with van der Waals surface area (Å²) < 4.78 is 0. The molecule has 19 heavy (non-hydrogen) atoms. The minimum atomic E-state index is -0.787. The van der Waals surface area contributed by atoms with E-state index in [9.17, 15) is 9.59 Å². The number of nitrogens with two attached hydrogens (primary N) is 1. The summed E-state index contributed by atoms with van der Waals surface area (Å²) >= 11 is 1.36. The molecule has 0 saturated heterocycles. The molecule has 0 radical (unpaired) electrons. The summed E-state index contributed by atoms with van der Waals surface area (Å²) in [5.74, 6) is -1.39. The van der Waals surface area contributed by atoms with Crippen molar-refractivity contribution in [1.29, 1.82) is 0 Å². The smallest absolute Gasteiger partial charge is 0.306 e. The molecule has 2 rings (SSSR count). The first kappa shape index (κ1) is 14.0. The van der Waals surface area contributed by atoms with Gasteiger partial charge in [-0.2, -0.15) is 0 Å². The Labute approximate surface area is 115 Å². The van der Waals surface area contributed by atoms with Crippen molar-refractivity contribution < 1.29 is 14.7 Å². The Morgan fingerprint density at radius 2 is 2.32 bits per heavy atom. The summed E-state index contributed by atoms with van der Waals surface area (Å²) in [6.07, 6.45) is 1.81. The number of nitrogens with one attached hydrogen (secondary N) is 1. The van der Waals surface area contributed by atoms with Crippen molar-refractivity contribution >= 4 is 23.2 Å². The Balaban J connectivity index is 1.92. The second-order valence-corrected chi connectivity index (χ2v) is 5.77. The third-order valence-electron chi connectivity index (χ3n) is 3.26. The van der Waals surface area contributed by atoms with Gasteiger partial charge in [0.15, 0.2) is 0 Å². The lowest BCUT2D eigenvalue weighted by Gasteiger charge is -2.11. The lowest BCUT2D eigenvalue weighted by Crippen LogP contribution is -2.33. The van der Waals surface area contributed by atoms with Crippen LogP contribution in [0, 0.1) is 5.92 Å². The van der Waals surface area contributed by atoms with Crippen LogP contribution in [-0.4, -0.2) is 28.0 Å². The van der Waals surface area contributed by atoms with Crippen LogP contribution < -0.4 is 11.1 Å². The third kappa shape index (κ3) is 3.30. The maximum Gasteiger partial charge on any atom is 0.306 e. The van der Waals surface area contributed by atoms with Gasteiger partial charge in [-0.05, 0) is 26.2 Å². The van der Waals surface area contributed by atoms with E-state index in [4.69, 9.17) is 10.8 Å². The van der Waals surface area contributed by atoms with Gasteiger partial charge >= 0.3 is 5.97 Å². The number of carboxylic acid groups (broad SMARTS) is 1. The summed E-state index contributed by atoms with van der Waals surface area (Å²) in [5.41, 5.74) is 6.05. The number of carboxylic acids is 1. The van der Waals surface area contributed by atoms with Gasteiger partial charge in [-0.15, -0.1) is 11.3 Å². The van der Waals surface area contributed by atoms with Crippen LogP contribution in [0.15, 0.2) is 5.38 Å². The van der Waals surface area contributed by atoms with Crippen molar-refractivity contribution in [2.75, 3.05) is 0 Å². The molecule has 0 aliphatic heterocycles. The number of thiazole rings is 1. The molecule has 1 aliphatic rings. The minimum Gasteiger partial charge on any atom is -0.481 e. The first-order chi connectivity index (χ1) is 8.97. The predicted octanol–water partition coefficient (Wildman–Crippen LogP) is 1.15. The van der Waals surface area contributed by atoms with Gasteiger partial charge in [-0.1, -0.05) is 0 Å². The molecule has 0 aromatic carbocycles. The van der Waals surface area contributed by atoms with Gasteiger partial charge in [-0.25, -0.2) is 4.98 Å². The van der Waals surface area contributed by atoms with Crippen LogP contribution in [0.3, 0.4) is 0 Å². The maximum atomic E-state index is 12.0. The number of carbonyl (C=O) groups is 2. The number of hydrogen-bond acceptors (Lipinski definition) is 5. The van der Waals surface area contributed by atoms with E-state index in [1.165, 1.54) is 11.3 Å². The SMILES string of the molecule is CC(N)c1nc(C(=O)NC2CCC(C(=O)O)C2)cs1. The van der Waals surface area contributed by atoms with E-state index in [0.29, 0.717) is 25.0 Å². The lowest BCUT2D eigenvalue weighted by molar-refractivity contribution is -0.141. The summed E-state index contributed by atoms with van der Waals surface area (Å²) in [6, 6.07) is -0.261. The van der Waals surface area contributed by atoms with Crippen LogP contribution in [0.25, 0.3) is 0 Å². The molecular weight excluding hydrogens is 266 g/mol. The molecule has 7 heteroatoms. The van der Waals surface area contributed by atoms with E-state index in [1.54, 1.807) is 5.38 Å². The van der Waals surface area contributed by atoms with Crippen LogP contribution in [0.4, 0.5) is 0 Å². The van der Waals surface area contributed by atoms with Crippen LogP contribution >= 0.6 is 11.3 Å². The number of hydrogen-bond donors (Lipinski definition) is 3. The van der Waals surface area contributed by atoms with E-state index in [1.807, 2.05) is 6.92 Å². The third-order valence-corrected chi connectivity index (χ3v) is 4.31. The highest BCUT2D eigenvalue weighted by atomic mass is 32.1. The normalized spacial score (nSPS) is 24.1. The Morgan fingerprint density at radius 1 is 1.58 bits per heavy atom. The number of carbonyl (C=O) groups excluding carboxylic acids is 1. The number of amides is 1. The van der Waals surface area contributed by atoms with Gasteiger partial charge in [0.1, 0.15) is 10.7 Å². The highest BCUT2D eigenvalue weighted by molar-refractivity contribution is 7.09. The highest BCUT2D eigenvalue weighted by Crippen LogP contribution is 2.26. The van der Waals surface area contributed by atoms with Crippen LogP contribution in [0.2, 0.25) is 0 Å². The molecule has 0 spiro atoms. The molecule has 3 unspecified atom stereocenters. The molecule has 1 amide bonds. The van der Waals surface area contributed by atoms with Gasteiger partial charge in [0.05, 0.1) is 12.0 Å². The molecule has 1 aromatic heterocycles. The van der Waals surface area contributed by atoms with Gasteiger partial charge < -0.3 is 16.2 Å².